The minimum Gasteiger partial charge on any atom is -0.493 e. The third kappa shape index (κ3) is 6.77. The summed E-state index contributed by atoms with van der Waals surface area (Å²) in [7, 11) is 0. The van der Waals surface area contributed by atoms with E-state index in [-0.39, 0.29) is 6.10 Å². The average molecular weight is 424 g/mol. The maximum absolute atomic E-state index is 6.06. The monoisotopic (exact) mass is 423 g/mol. The molecular weight excluding hydrogens is 386 g/mol. The van der Waals surface area contributed by atoms with Crippen molar-refractivity contribution >= 4 is 5.95 Å². The van der Waals surface area contributed by atoms with Crippen LogP contribution in [0.4, 0.5) is 5.95 Å². The Hall–Kier alpha value is -2.44. The molecule has 0 saturated carbocycles. The summed E-state index contributed by atoms with van der Waals surface area (Å²) in [5.41, 5.74) is 1.12. The molecule has 6 nitrogen and oxygen atoms in total. The van der Waals surface area contributed by atoms with E-state index in [4.69, 9.17) is 4.74 Å². The summed E-state index contributed by atoms with van der Waals surface area (Å²) in [5.74, 6) is 1.36. The van der Waals surface area contributed by atoms with Gasteiger partial charge in [0.15, 0.2) is 0 Å². The molecule has 2 saturated heterocycles. The zero-order valence-electron chi connectivity index (χ0n) is 18.9. The Morgan fingerprint density at radius 3 is 2.29 bits per heavy atom. The third-order valence-electron chi connectivity index (χ3n) is 6.24. The van der Waals surface area contributed by atoms with Crippen LogP contribution < -0.4 is 4.90 Å². The summed E-state index contributed by atoms with van der Waals surface area (Å²) >= 11 is 0. The lowest BCUT2D eigenvalue weighted by Crippen LogP contribution is -2.49. The van der Waals surface area contributed by atoms with Gasteiger partial charge in [0.25, 0.3) is 0 Å². The number of piperidine rings is 1. The molecule has 6 heteroatoms. The fourth-order valence-electron chi connectivity index (χ4n) is 4.43. The number of nitrogens with zero attached hydrogens (tertiary/aromatic N) is 5. The molecule has 0 aromatic carbocycles. The van der Waals surface area contributed by atoms with Gasteiger partial charge in [-0.3, -0.25) is 4.90 Å². The van der Waals surface area contributed by atoms with Gasteiger partial charge < -0.3 is 14.5 Å². The number of aromatic nitrogens is 2. The summed E-state index contributed by atoms with van der Waals surface area (Å²) in [4.78, 5) is 16.2. The number of ether oxygens (including phenoxy) is 1. The van der Waals surface area contributed by atoms with Crippen LogP contribution in [0.3, 0.4) is 0 Å². The molecule has 0 spiro atoms. The molecule has 0 radical (unpaired) electrons. The Bertz CT molecular complexity index is 732. The van der Waals surface area contributed by atoms with Gasteiger partial charge in [0.2, 0.25) is 5.95 Å². The van der Waals surface area contributed by atoms with Crippen LogP contribution >= 0.6 is 0 Å². The van der Waals surface area contributed by atoms with Crippen molar-refractivity contribution in [2.24, 2.45) is 5.92 Å². The van der Waals surface area contributed by atoms with Gasteiger partial charge in [-0.1, -0.05) is 37.5 Å². The van der Waals surface area contributed by atoms with Crippen molar-refractivity contribution in [1.29, 1.82) is 0 Å². The molecule has 168 valence electrons. The number of rotatable bonds is 10. The van der Waals surface area contributed by atoms with E-state index in [2.05, 4.69) is 37.8 Å². The van der Waals surface area contributed by atoms with Gasteiger partial charge >= 0.3 is 0 Å². The quantitative estimate of drug-likeness (QED) is 0.424. The number of hydrogen-bond donors (Lipinski definition) is 0. The van der Waals surface area contributed by atoms with Crippen LogP contribution in [0.15, 0.2) is 67.8 Å². The van der Waals surface area contributed by atoms with Gasteiger partial charge in [-0.05, 0) is 44.5 Å². The molecule has 0 N–H and O–H groups in total. The highest BCUT2D eigenvalue weighted by atomic mass is 16.5. The maximum Gasteiger partial charge on any atom is 0.225 e. The SMILES string of the molecule is C=C/C=C(\C=C)C(O/C=C/C)C1CCN(CCN2CCN(c3ncccn3)CC2)CC1. The topological polar surface area (TPSA) is 44.7 Å². The zero-order valence-corrected chi connectivity index (χ0v) is 18.9. The van der Waals surface area contributed by atoms with Gasteiger partial charge in [0, 0.05) is 57.6 Å². The van der Waals surface area contributed by atoms with Crippen molar-refractivity contribution in [3.05, 3.63) is 67.8 Å². The lowest BCUT2D eigenvalue weighted by atomic mass is 9.86. The van der Waals surface area contributed by atoms with Crippen LogP contribution in [0.2, 0.25) is 0 Å². The Balaban J connectivity index is 1.42. The normalized spacial score (nSPS) is 20.7. The van der Waals surface area contributed by atoms with Gasteiger partial charge in [-0.15, -0.1) is 0 Å². The minimum absolute atomic E-state index is 0.0575. The lowest BCUT2D eigenvalue weighted by molar-refractivity contribution is 0.0668. The smallest absolute Gasteiger partial charge is 0.225 e. The second-order valence-corrected chi connectivity index (χ2v) is 8.19. The first kappa shape index (κ1) is 23.2. The van der Waals surface area contributed by atoms with E-state index >= 15 is 0 Å². The fraction of sp³-hybridized carbons (Fsp3) is 0.520. The molecule has 1 aromatic rings. The van der Waals surface area contributed by atoms with Crippen molar-refractivity contribution in [3.63, 3.8) is 0 Å². The lowest BCUT2D eigenvalue weighted by Gasteiger charge is -2.38. The summed E-state index contributed by atoms with van der Waals surface area (Å²) in [6.07, 6.45) is 15.5. The zero-order chi connectivity index (χ0) is 21.9. The maximum atomic E-state index is 6.06. The standard InChI is InChI=1S/C25H37N5O/c1-4-8-22(6-3)24(31-21-5-2)23-9-13-28(14-10-23)15-16-29-17-19-30(20-18-29)25-26-11-7-12-27-25/h4-8,11-12,21,23-24H,1,3,9-10,13-20H2,2H3/b21-5+,22-8+. The number of anilines is 1. The van der Waals surface area contributed by atoms with Crippen molar-refractivity contribution in [1.82, 2.24) is 19.8 Å². The van der Waals surface area contributed by atoms with E-state index in [1.165, 1.54) is 0 Å². The molecule has 1 atom stereocenters. The Kier molecular flexibility index (Phi) is 9.31. The number of piperazine rings is 1. The van der Waals surface area contributed by atoms with E-state index < -0.39 is 0 Å². The van der Waals surface area contributed by atoms with E-state index in [1.54, 1.807) is 6.26 Å². The molecule has 0 aliphatic carbocycles. The molecule has 1 aromatic heterocycles. The first-order valence-electron chi connectivity index (χ1n) is 11.4. The van der Waals surface area contributed by atoms with E-state index in [1.807, 2.05) is 49.7 Å². The Morgan fingerprint density at radius 2 is 1.71 bits per heavy atom. The highest BCUT2D eigenvalue weighted by molar-refractivity contribution is 5.29. The molecule has 2 aliphatic rings. The van der Waals surface area contributed by atoms with Crippen LogP contribution in [0.1, 0.15) is 19.8 Å². The summed E-state index contributed by atoms with van der Waals surface area (Å²) in [6, 6.07) is 1.87. The van der Waals surface area contributed by atoms with E-state index in [9.17, 15) is 0 Å². The van der Waals surface area contributed by atoms with Crippen molar-refractivity contribution in [2.75, 3.05) is 57.3 Å². The van der Waals surface area contributed by atoms with Gasteiger partial charge in [0.05, 0.1) is 6.26 Å². The highest BCUT2D eigenvalue weighted by Crippen LogP contribution is 2.28. The van der Waals surface area contributed by atoms with Crippen LogP contribution in [0, 0.1) is 5.92 Å². The van der Waals surface area contributed by atoms with Crippen LogP contribution in [-0.4, -0.2) is 78.2 Å². The summed E-state index contributed by atoms with van der Waals surface area (Å²) in [5, 5.41) is 0. The Labute approximate surface area is 187 Å². The molecule has 3 heterocycles. The number of likely N-dealkylation sites (tertiary alicyclic amines) is 1. The molecule has 0 amide bonds. The van der Waals surface area contributed by atoms with Crippen LogP contribution in [0.25, 0.3) is 0 Å². The fourth-order valence-corrected chi connectivity index (χ4v) is 4.43. The van der Waals surface area contributed by atoms with E-state index in [0.717, 1.165) is 76.7 Å². The van der Waals surface area contributed by atoms with Gasteiger partial charge in [-0.2, -0.15) is 0 Å². The molecule has 1 unspecified atom stereocenters. The van der Waals surface area contributed by atoms with Crippen molar-refractivity contribution in [3.8, 4) is 0 Å². The van der Waals surface area contributed by atoms with Crippen molar-refractivity contribution in [2.45, 2.75) is 25.9 Å². The molecule has 2 aliphatic heterocycles. The molecule has 0 bridgehead atoms. The van der Waals surface area contributed by atoms with Crippen LogP contribution in [-0.2, 0) is 4.74 Å². The second-order valence-electron chi connectivity index (χ2n) is 8.19. The second kappa shape index (κ2) is 12.4. The third-order valence-corrected chi connectivity index (χ3v) is 6.24. The highest BCUT2D eigenvalue weighted by Gasteiger charge is 2.29. The van der Waals surface area contributed by atoms with Gasteiger partial charge in [-0.25, -0.2) is 9.97 Å². The largest absolute Gasteiger partial charge is 0.493 e. The predicted octanol–water partition coefficient (Wildman–Crippen LogP) is 3.53. The van der Waals surface area contributed by atoms with E-state index in [0.29, 0.717) is 5.92 Å². The van der Waals surface area contributed by atoms with Gasteiger partial charge in [0.1, 0.15) is 6.10 Å². The summed E-state index contributed by atoms with van der Waals surface area (Å²) in [6.45, 7) is 18.4. The summed E-state index contributed by atoms with van der Waals surface area (Å²) < 4.78 is 6.06. The number of hydrogen-bond acceptors (Lipinski definition) is 6. The molecular formula is C25H37N5O. The first-order valence-corrected chi connectivity index (χ1v) is 11.4. The first-order chi connectivity index (χ1) is 15.2. The van der Waals surface area contributed by atoms with Crippen molar-refractivity contribution < 1.29 is 4.74 Å². The minimum atomic E-state index is 0.0575. The predicted molar refractivity (Wildman–Crippen MR) is 128 cm³/mol. The van der Waals surface area contributed by atoms with Crippen LogP contribution in [0.5, 0.6) is 0 Å². The number of allylic oxidation sites excluding steroid dienone is 3. The molecule has 2 fully saturated rings. The average Bonchev–Trinajstić information content (AvgIpc) is 2.84. The molecule has 31 heavy (non-hydrogen) atoms. The molecule has 3 rings (SSSR count). The Morgan fingerprint density at radius 1 is 1.06 bits per heavy atom.